The van der Waals surface area contributed by atoms with Gasteiger partial charge in [0.2, 0.25) is 5.88 Å². The number of amides is 1. The summed E-state index contributed by atoms with van der Waals surface area (Å²) in [7, 11) is 0. The Kier molecular flexibility index (Phi) is 3.63. The van der Waals surface area contributed by atoms with E-state index >= 15 is 0 Å². The summed E-state index contributed by atoms with van der Waals surface area (Å²) < 4.78 is 42.8. The molecule has 1 aromatic heterocycles. The van der Waals surface area contributed by atoms with E-state index < -0.39 is 17.6 Å². The highest BCUT2D eigenvalue weighted by molar-refractivity contribution is 6.07. The molecule has 2 rings (SSSR count). The molecule has 0 atom stereocenters. The molecule has 0 aliphatic carbocycles. The highest BCUT2D eigenvalue weighted by Crippen LogP contribution is 2.31. The molecule has 0 saturated carbocycles. The van der Waals surface area contributed by atoms with Crippen molar-refractivity contribution in [1.82, 2.24) is 5.16 Å². The summed E-state index contributed by atoms with van der Waals surface area (Å²) in [6, 6.07) is 2.55. The minimum absolute atomic E-state index is 0.0607. The van der Waals surface area contributed by atoms with Crippen LogP contribution in [-0.4, -0.2) is 11.1 Å². The molecule has 0 unspecified atom stereocenters. The second-order valence-electron chi connectivity index (χ2n) is 4.48. The first-order valence-corrected chi connectivity index (χ1v) is 5.91. The molecule has 0 bridgehead atoms. The van der Waals surface area contributed by atoms with Gasteiger partial charge in [-0.3, -0.25) is 10.1 Å². The Hall–Kier alpha value is -2.51. The second kappa shape index (κ2) is 5.12. The van der Waals surface area contributed by atoms with Gasteiger partial charge in [0.05, 0.1) is 16.8 Å². The van der Waals surface area contributed by atoms with E-state index in [9.17, 15) is 18.0 Å². The van der Waals surface area contributed by atoms with Crippen molar-refractivity contribution in [2.75, 3.05) is 11.1 Å². The summed E-state index contributed by atoms with van der Waals surface area (Å²) in [6.45, 7) is 3.34. The number of carbonyl (C=O) groups excluding carboxylic acids is 1. The Morgan fingerprint density at radius 3 is 2.52 bits per heavy atom. The van der Waals surface area contributed by atoms with Gasteiger partial charge < -0.3 is 10.3 Å². The Morgan fingerprint density at radius 1 is 1.33 bits per heavy atom. The number of hydrogen-bond acceptors (Lipinski definition) is 4. The number of nitrogens with two attached hydrogens (primary N) is 1. The Morgan fingerprint density at radius 2 is 2.00 bits per heavy atom. The third-order valence-corrected chi connectivity index (χ3v) is 3.01. The lowest BCUT2D eigenvalue weighted by Crippen LogP contribution is -2.16. The van der Waals surface area contributed by atoms with Gasteiger partial charge in [-0.2, -0.15) is 13.2 Å². The van der Waals surface area contributed by atoms with Crippen LogP contribution < -0.4 is 11.1 Å². The van der Waals surface area contributed by atoms with Crippen LogP contribution >= 0.6 is 0 Å². The van der Waals surface area contributed by atoms with E-state index in [-0.39, 0.29) is 17.1 Å². The number of alkyl halides is 3. The predicted molar refractivity (Wildman–Crippen MR) is 69.8 cm³/mol. The topological polar surface area (TPSA) is 81.2 Å². The van der Waals surface area contributed by atoms with Gasteiger partial charge in [-0.05, 0) is 32.0 Å². The number of benzene rings is 1. The number of halogens is 3. The number of carbonyl (C=O) groups is 1. The van der Waals surface area contributed by atoms with Crippen LogP contribution in [0.1, 0.15) is 27.2 Å². The maximum Gasteiger partial charge on any atom is 0.416 e. The van der Waals surface area contributed by atoms with Crippen LogP contribution in [0.5, 0.6) is 0 Å². The molecule has 0 aliphatic rings. The molecule has 21 heavy (non-hydrogen) atoms. The van der Waals surface area contributed by atoms with Crippen molar-refractivity contribution in [1.29, 1.82) is 0 Å². The van der Waals surface area contributed by atoms with E-state index in [4.69, 9.17) is 10.3 Å². The molecule has 1 heterocycles. The summed E-state index contributed by atoms with van der Waals surface area (Å²) in [6.07, 6.45) is -4.55. The Bertz CT molecular complexity index is 692. The maximum absolute atomic E-state index is 12.7. The summed E-state index contributed by atoms with van der Waals surface area (Å²) in [5.74, 6) is -0.716. The number of anilines is 2. The molecule has 2 aromatic rings. The summed E-state index contributed by atoms with van der Waals surface area (Å²) >= 11 is 0. The van der Waals surface area contributed by atoms with Gasteiger partial charge in [0.15, 0.2) is 0 Å². The lowest BCUT2D eigenvalue weighted by molar-refractivity contribution is -0.137. The number of nitrogen functional groups attached to an aromatic ring is 1. The van der Waals surface area contributed by atoms with Crippen molar-refractivity contribution in [2.24, 2.45) is 0 Å². The van der Waals surface area contributed by atoms with E-state index in [0.29, 0.717) is 17.3 Å². The Labute approximate surface area is 117 Å². The van der Waals surface area contributed by atoms with E-state index in [1.54, 1.807) is 13.8 Å². The largest absolute Gasteiger partial charge is 0.416 e. The quantitative estimate of drug-likeness (QED) is 0.835. The van der Waals surface area contributed by atoms with Crippen LogP contribution in [0.4, 0.5) is 24.7 Å². The van der Waals surface area contributed by atoms with Gasteiger partial charge in [0.1, 0.15) is 0 Å². The van der Waals surface area contributed by atoms with E-state index in [0.717, 1.165) is 12.1 Å². The number of nitrogens with one attached hydrogen (secondary N) is 1. The fraction of sp³-hybridized carbons (Fsp3) is 0.231. The van der Waals surface area contributed by atoms with Crippen molar-refractivity contribution >= 4 is 17.5 Å². The van der Waals surface area contributed by atoms with Crippen LogP contribution in [0, 0.1) is 13.8 Å². The first-order chi connectivity index (χ1) is 9.70. The SMILES string of the molecule is Cc1noc(NC(=O)c2cc(C(F)(F)F)ccc2N)c1C. The highest BCUT2D eigenvalue weighted by atomic mass is 19.4. The number of rotatable bonds is 2. The predicted octanol–water partition coefficient (Wildman–Crippen LogP) is 3.14. The molecule has 0 fully saturated rings. The number of aryl methyl sites for hydroxylation is 1. The molecular weight excluding hydrogens is 287 g/mol. The first kappa shape index (κ1) is 14.9. The third kappa shape index (κ3) is 2.99. The zero-order valence-electron chi connectivity index (χ0n) is 11.2. The van der Waals surface area contributed by atoms with Gasteiger partial charge >= 0.3 is 6.18 Å². The molecule has 5 nitrogen and oxygen atoms in total. The van der Waals surface area contributed by atoms with Crippen molar-refractivity contribution < 1.29 is 22.5 Å². The van der Waals surface area contributed by atoms with E-state index in [1.165, 1.54) is 0 Å². The molecule has 0 saturated heterocycles. The van der Waals surface area contributed by atoms with Crippen LogP contribution in [-0.2, 0) is 6.18 Å². The average Bonchev–Trinajstić information content (AvgIpc) is 2.69. The van der Waals surface area contributed by atoms with Crippen LogP contribution in [0.2, 0.25) is 0 Å². The Balaban J connectivity index is 2.33. The minimum Gasteiger partial charge on any atom is -0.398 e. The molecule has 3 N–H and O–H groups in total. The zero-order valence-corrected chi connectivity index (χ0v) is 11.2. The maximum atomic E-state index is 12.7. The van der Waals surface area contributed by atoms with Crippen molar-refractivity contribution in [3.63, 3.8) is 0 Å². The molecule has 0 spiro atoms. The van der Waals surface area contributed by atoms with Gasteiger partial charge in [-0.1, -0.05) is 5.16 Å². The van der Waals surface area contributed by atoms with Gasteiger partial charge in [0.25, 0.3) is 5.91 Å². The molecule has 8 heteroatoms. The van der Waals surface area contributed by atoms with Crippen molar-refractivity contribution in [3.8, 4) is 0 Å². The van der Waals surface area contributed by atoms with Gasteiger partial charge in [0, 0.05) is 11.3 Å². The molecule has 112 valence electrons. The van der Waals surface area contributed by atoms with E-state index in [2.05, 4.69) is 10.5 Å². The fourth-order valence-electron chi connectivity index (χ4n) is 1.63. The fourth-order valence-corrected chi connectivity index (χ4v) is 1.63. The summed E-state index contributed by atoms with van der Waals surface area (Å²) in [4.78, 5) is 12.0. The second-order valence-corrected chi connectivity index (χ2v) is 4.48. The van der Waals surface area contributed by atoms with Crippen LogP contribution in [0.25, 0.3) is 0 Å². The zero-order chi connectivity index (χ0) is 15.8. The number of aromatic nitrogens is 1. The van der Waals surface area contributed by atoms with Crippen LogP contribution in [0.15, 0.2) is 22.7 Å². The van der Waals surface area contributed by atoms with Crippen molar-refractivity contribution in [3.05, 3.63) is 40.6 Å². The van der Waals surface area contributed by atoms with Gasteiger partial charge in [-0.25, -0.2) is 0 Å². The average molecular weight is 299 g/mol. The third-order valence-electron chi connectivity index (χ3n) is 3.01. The molecular formula is C13H12F3N3O2. The highest BCUT2D eigenvalue weighted by Gasteiger charge is 2.31. The first-order valence-electron chi connectivity index (χ1n) is 5.91. The number of hydrogen-bond donors (Lipinski definition) is 2. The normalized spacial score (nSPS) is 11.5. The van der Waals surface area contributed by atoms with Crippen molar-refractivity contribution in [2.45, 2.75) is 20.0 Å². The number of nitrogens with zero attached hydrogens (tertiary/aromatic N) is 1. The smallest absolute Gasteiger partial charge is 0.398 e. The molecule has 1 amide bonds. The standard InChI is InChI=1S/C13H12F3N3O2/c1-6-7(2)19-21-12(6)18-11(20)9-5-8(13(14,15)16)3-4-10(9)17/h3-5H,17H2,1-2H3,(H,18,20). The van der Waals surface area contributed by atoms with Crippen LogP contribution in [0.3, 0.4) is 0 Å². The lowest BCUT2D eigenvalue weighted by Gasteiger charge is -2.10. The monoisotopic (exact) mass is 299 g/mol. The summed E-state index contributed by atoms with van der Waals surface area (Å²) in [5, 5.41) is 5.99. The minimum atomic E-state index is -4.55. The molecule has 0 aliphatic heterocycles. The molecule has 0 radical (unpaired) electrons. The van der Waals surface area contributed by atoms with E-state index in [1.807, 2.05) is 0 Å². The lowest BCUT2D eigenvalue weighted by atomic mass is 10.1. The van der Waals surface area contributed by atoms with Gasteiger partial charge in [-0.15, -0.1) is 0 Å². The summed E-state index contributed by atoms with van der Waals surface area (Å²) in [5.41, 5.74) is 5.43. The molecule has 1 aromatic carbocycles.